The summed E-state index contributed by atoms with van der Waals surface area (Å²) in [6.45, 7) is 4.37. The van der Waals surface area contributed by atoms with Crippen LogP contribution in [0.4, 0.5) is 0 Å². The van der Waals surface area contributed by atoms with E-state index in [1.54, 1.807) is 12.1 Å². The van der Waals surface area contributed by atoms with Crippen molar-refractivity contribution in [2.45, 2.75) is 39.5 Å². The molecule has 0 spiro atoms. The Morgan fingerprint density at radius 3 is 2.43 bits per heavy atom. The maximum atomic E-state index is 11.6. The van der Waals surface area contributed by atoms with Gasteiger partial charge < -0.3 is 25.8 Å². The molecule has 0 aliphatic carbocycles. The van der Waals surface area contributed by atoms with E-state index >= 15 is 0 Å². The molecule has 162 valence electrons. The summed E-state index contributed by atoms with van der Waals surface area (Å²) >= 11 is 0. The number of ketones is 1. The average Bonchev–Trinajstić information content (AvgIpc) is 2.74. The molecule has 0 unspecified atom stereocenters. The first-order valence-corrected chi connectivity index (χ1v) is 9.93. The molecule has 0 saturated heterocycles. The van der Waals surface area contributed by atoms with Gasteiger partial charge in [0.15, 0.2) is 5.78 Å². The number of hydrogen-bond donors (Lipinski definition) is 4. The lowest BCUT2D eigenvalue weighted by Crippen LogP contribution is -2.32. The highest BCUT2D eigenvalue weighted by Gasteiger charge is 2.15. The van der Waals surface area contributed by atoms with Gasteiger partial charge in [-0.05, 0) is 43.2 Å². The molecule has 0 atom stereocenters. The summed E-state index contributed by atoms with van der Waals surface area (Å²) in [5.41, 5.74) is 4.45. The standard InChI is InChI=1S/C22H30N4O4/c1-3-5-19-20(11-10-18(15(2)27)22(19)28)30-13-4-12-29-17-8-6-16(7-9-17)14-21(25-23)26-24/h6-11,28H,3-5,12-14,23-24H2,1-2H3,(H,25,26). The predicted octanol–water partition coefficient (Wildman–Crippen LogP) is 2.67. The zero-order valence-corrected chi connectivity index (χ0v) is 17.5. The van der Waals surface area contributed by atoms with Crippen molar-refractivity contribution in [3.8, 4) is 17.2 Å². The lowest BCUT2D eigenvalue weighted by Gasteiger charge is -2.15. The summed E-state index contributed by atoms with van der Waals surface area (Å²) in [5, 5.41) is 13.9. The molecule has 6 N–H and O–H groups in total. The number of rotatable bonds is 11. The van der Waals surface area contributed by atoms with E-state index in [0.29, 0.717) is 55.2 Å². The molecule has 0 aliphatic rings. The van der Waals surface area contributed by atoms with Crippen LogP contribution in [-0.4, -0.2) is 29.9 Å². The summed E-state index contributed by atoms with van der Waals surface area (Å²) in [6.07, 6.45) is 2.66. The third-order valence-electron chi connectivity index (χ3n) is 4.55. The third kappa shape index (κ3) is 6.38. The molecule has 2 rings (SSSR count). The minimum Gasteiger partial charge on any atom is -0.507 e. The molecular formula is C22H30N4O4. The summed E-state index contributed by atoms with van der Waals surface area (Å²) in [7, 11) is 0. The number of Topliss-reactive ketones (excluding diaryl/α,β-unsaturated/α-hetero) is 1. The molecule has 0 amide bonds. The van der Waals surface area contributed by atoms with Crippen molar-refractivity contribution in [1.29, 1.82) is 0 Å². The molecule has 8 heteroatoms. The van der Waals surface area contributed by atoms with Gasteiger partial charge in [-0.1, -0.05) is 25.5 Å². The highest BCUT2D eigenvalue weighted by Crippen LogP contribution is 2.33. The number of hydrogen-bond acceptors (Lipinski definition) is 7. The Bertz CT molecular complexity index is 866. The second-order valence-corrected chi connectivity index (χ2v) is 6.84. The van der Waals surface area contributed by atoms with Gasteiger partial charge >= 0.3 is 0 Å². The van der Waals surface area contributed by atoms with E-state index in [9.17, 15) is 9.90 Å². The Hall–Kier alpha value is -3.26. The Labute approximate surface area is 176 Å². The SMILES string of the molecule is CCCc1c(OCCCOc2ccc(C/C(=N/N)NN)cc2)ccc(C(C)=O)c1O. The van der Waals surface area contributed by atoms with Crippen molar-refractivity contribution in [1.82, 2.24) is 5.43 Å². The zero-order chi connectivity index (χ0) is 21.9. The number of hydrazine groups is 1. The number of nitrogens with two attached hydrogens (primary N) is 2. The Kier molecular flexibility index (Phi) is 8.96. The molecule has 2 aromatic rings. The normalized spacial score (nSPS) is 11.2. The monoisotopic (exact) mass is 414 g/mol. The summed E-state index contributed by atoms with van der Waals surface area (Å²) in [6, 6.07) is 10.9. The molecule has 0 radical (unpaired) electrons. The number of nitrogens with one attached hydrogen (secondary N) is 1. The number of carbonyl (C=O) groups excluding carboxylic acids is 1. The van der Waals surface area contributed by atoms with E-state index in [1.807, 2.05) is 31.2 Å². The van der Waals surface area contributed by atoms with Gasteiger partial charge in [-0.2, -0.15) is 5.10 Å². The van der Waals surface area contributed by atoms with Crippen molar-refractivity contribution in [2.24, 2.45) is 16.8 Å². The second kappa shape index (κ2) is 11.7. The van der Waals surface area contributed by atoms with E-state index < -0.39 is 0 Å². The van der Waals surface area contributed by atoms with Gasteiger partial charge in [0.2, 0.25) is 0 Å². The molecule has 0 saturated carbocycles. The van der Waals surface area contributed by atoms with Crippen LogP contribution >= 0.6 is 0 Å². The number of ether oxygens (including phenoxy) is 2. The van der Waals surface area contributed by atoms with Crippen LogP contribution < -0.4 is 26.6 Å². The van der Waals surface area contributed by atoms with E-state index in [0.717, 1.165) is 17.7 Å². The number of aromatic hydroxyl groups is 1. The van der Waals surface area contributed by atoms with Crippen molar-refractivity contribution < 1.29 is 19.4 Å². The first-order chi connectivity index (χ1) is 14.5. The van der Waals surface area contributed by atoms with Crippen molar-refractivity contribution in [3.05, 3.63) is 53.1 Å². The van der Waals surface area contributed by atoms with Crippen molar-refractivity contribution in [2.75, 3.05) is 13.2 Å². The fourth-order valence-electron chi connectivity index (χ4n) is 2.99. The Balaban J connectivity index is 1.84. The van der Waals surface area contributed by atoms with Crippen LogP contribution in [0, 0.1) is 0 Å². The molecule has 0 aromatic heterocycles. The first-order valence-electron chi connectivity index (χ1n) is 9.93. The van der Waals surface area contributed by atoms with Crippen molar-refractivity contribution in [3.63, 3.8) is 0 Å². The van der Waals surface area contributed by atoms with Gasteiger partial charge in [0.25, 0.3) is 0 Å². The quantitative estimate of drug-likeness (QED) is 0.111. The van der Waals surface area contributed by atoms with Crippen LogP contribution in [-0.2, 0) is 12.8 Å². The van der Waals surface area contributed by atoms with Gasteiger partial charge in [-0.25, -0.2) is 5.84 Å². The molecule has 2 aromatic carbocycles. The predicted molar refractivity (Wildman–Crippen MR) is 117 cm³/mol. The lowest BCUT2D eigenvalue weighted by atomic mass is 10.0. The largest absolute Gasteiger partial charge is 0.507 e. The van der Waals surface area contributed by atoms with Crippen molar-refractivity contribution >= 4 is 11.6 Å². The minimum atomic E-state index is -0.165. The fourth-order valence-corrected chi connectivity index (χ4v) is 2.99. The summed E-state index contributed by atoms with van der Waals surface area (Å²) in [5.74, 6) is 12.3. The van der Waals surface area contributed by atoms with Crippen LogP contribution in [0.1, 0.15) is 48.2 Å². The van der Waals surface area contributed by atoms with Gasteiger partial charge in [-0.3, -0.25) is 4.79 Å². The number of nitrogens with zero attached hydrogens (tertiary/aromatic N) is 1. The lowest BCUT2D eigenvalue weighted by molar-refractivity contribution is 0.101. The average molecular weight is 415 g/mol. The molecule has 0 heterocycles. The van der Waals surface area contributed by atoms with E-state index in [2.05, 4.69) is 10.5 Å². The molecular weight excluding hydrogens is 384 g/mol. The van der Waals surface area contributed by atoms with Gasteiger partial charge in [0.1, 0.15) is 23.1 Å². The number of hydrazone groups is 1. The Morgan fingerprint density at radius 2 is 1.83 bits per heavy atom. The highest BCUT2D eigenvalue weighted by molar-refractivity contribution is 5.97. The molecule has 0 bridgehead atoms. The number of phenols is 1. The maximum Gasteiger partial charge on any atom is 0.163 e. The van der Waals surface area contributed by atoms with Crippen LogP contribution in [0.5, 0.6) is 17.2 Å². The highest BCUT2D eigenvalue weighted by atomic mass is 16.5. The van der Waals surface area contributed by atoms with Crippen LogP contribution in [0.25, 0.3) is 0 Å². The number of phenolic OH excluding ortho intramolecular Hbond substituents is 1. The van der Waals surface area contributed by atoms with E-state index in [4.69, 9.17) is 21.2 Å². The number of amidine groups is 1. The number of carbonyl (C=O) groups is 1. The summed E-state index contributed by atoms with van der Waals surface area (Å²) < 4.78 is 11.6. The number of benzene rings is 2. The zero-order valence-electron chi connectivity index (χ0n) is 17.5. The smallest absolute Gasteiger partial charge is 0.163 e. The molecule has 0 fully saturated rings. The van der Waals surface area contributed by atoms with Crippen LogP contribution in [0.2, 0.25) is 0 Å². The second-order valence-electron chi connectivity index (χ2n) is 6.84. The van der Waals surface area contributed by atoms with Gasteiger partial charge in [-0.15, -0.1) is 0 Å². The minimum absolute atomic E-state index is 0.0193. The van der Waals surface area contributed by atoms with Gasteiger partial charge in [0, 0.05) is 18.4 Å². The molecule has 0 aliphatic heterocycles. The summed E-state index contributed by atoms with van der Waals surface area (Å²) in [4.78, 5) is 11.6. The fraction of sp³-hybridized carbons (Fsp3) is 0.364. The topological polar surface area (TPSA) is 132 Å². The maximum absolute atomic E-state index is 11.6. The van der Waals surface area contributed by atoms with Crippen LogP contribution in [0.3, 0.4) is 0 Å². The third-order valence-corrected chi connectivity index (χ3v) is 4.55. The first kappa shape index (κ1) is 23.0. The van der Waals surface area contributed by atoms with Gasteiger partial charge in [0.05, 0.1) is 18.8 Å². The Morgan fingerprint density at radius 1 is 1.13 bits per heavy atom. The molecule has 30 heavy (non-hydrogen) atoms. The molecule has 8 nitrogen and oxygen atoms in total. The van der Waals surface area contributed by atoms with Crippen LogP contribution in [0.15, 0.2) is 41.5 Å². The van der Waals surface area contributed by atoms with E-state index in [1.165, 1.54) is 6.92 Å². The van der Waals surface area contributed by atoms with E-state index in [-0.39, 0.29) is 11.5 Å².